The van der Waals surface area contributed by atoms with Crippen LogP contribution in [0, 0.1) is 10.1 Å². The van der Waals surface area contributed by atoms with Crippen molar-refractivity contribution in [2.24, 2.45) is 0 Å². The molecule has 0 unspecified atom stereocenters. The molecule has 0 saturated heterocycles. The van der Waals surface area contributed by atoms with Crippen LogP contribution in [-0.2, 0) is 0 Å². The van der Waals surface area contributed by atoms with Crippen LogP contribution in [0.1, 0.15) is 56.3 Å². The third-order valence-electron chi connectivity index (χ3n) is 4.32. The summed E-state index contributed by atoms with van der Waals surface area (Å²) in [6.45, 7) is 4.68. The van der Waals surface area contributed by atoms with Crippen LogP contribution in [0.4, 0.5) is 5.69 Å². The van der Waals surface area contributed by atoms with Crippen molar-refractivity contribution in [1.29, 1.82) is 0 Å². The van der Waals surface area contributed by atoms with Crippen molar-refractivity contribution < 1.29 is 14.5 Å². The van der Waals surface area contributed by atoms with E-state index >= 15 is 0 Å². The molecule has 0 atom stereocenters. The normalized spacial score (nSPS) is 15.2. The van der Waals surface area contributed by atoms with Crippen molar-refractivity contribution in [3.63, 3.8) is 0 Å². The second-order valence-corrected chi connectivity index (χ2v) is 5.76. The second kappa shape index (κ2) is 7.94. The maximum atomic E-state index is 12.8. The van der Waals surface area contributed by atoms with Crippen molar-refractivity contribution >= 4 is 11.6 Å². The Labute approximate surface area is 136 Å². The lowest BCUT2D eigenvalue weighted by Gasteiger charge is -2.33. The summed E-state index contributed by atoms with van der Waals surface area (Å²) in [6, 6.07) is 4.71. The summed E-state index contributed by atoms with van der Waals surface area (Å²) in [5, 5.41) is 11.2. The van der Waals surface area contributed by atoms with Gasteiger partial charge in [0.05, 0.1) is 11.5 Å². The largest absolute Gasteiger partial charge is 0.487 e. The van der Waals surface area contributed by atoms with E-state index in [0.29, 0.717) is 18.7 Å². The first-order chi connectivity index (χ1) is 11.1. The van der Waals surface area contributed by atoms with E-state index in [-0.39, 0.29) is 23.4 Å². The summed E-state index contributed by atoms with van der Waals surface area (Å²) in [5.74, 6) is 0.0697. The van der Waals surface area contributed by atoms with Crippen molar-refractivity contribution in [3.05, 3.63) is 33.9 Å². The number of nitro groups is 1. The molecule has 6 heteroatoms. The number of amides is 1. The molecule has 1 aliphatic carbocycles. The molecule has 126 valence electrons. The van der Waals surface area contributed by atoms with Gasteiger partial charge in [-0.05, 0) is 38.8 Å². The third-order valence-corrected chi connectivity index (χ3v) is 4.32. The summed E-state index contributed by atoms with van der Waals surface area (Å²) in [5.41, 5.74) is 0.199. The topological polar surface area (TPSA) is 72.7 Å². The van der Waals surface area contributed by atoms with Crippen LogP contribution in [0.25, 0.3) is 0 Å². The lowest BCUT2D eigenvalue weighted by atomic mass is 9.93. The Morgan fingerprint density at radius 1 is 1.30 bits per heavy atom. The summed E-state index contributed by atoms with van der Waals surface area (Å²) >= 11 is 0. The smallest absolute Gasteiger partial charge is 0.311 e. The molecule has 0 aliphatic heterocycles. The van der Waals surface area contributed by atoms with Crippen LogP contribution in [-0.4, -0.2) is 34.9 Å². The maximum Gasteiger partial charge on any atom is 0.311 e. The Hall–Kier alpha value is -2.11. The second-order valence-electron chi connectivity index (χ2n) is 5.76. The molecule has 1 fully saturated rings. The molecule has 0 spiro atoms. The van der Waals surface area contributed by atoms with Gasteiger partial charge < -0.3 is 9.64 Å². The minimum absolute atomic E-state index is 0.134. The monoisotopic (exact) mass is 320 g/mol. The minimum atomic E-state index is -0.501. The number of benzene rings is 1. The van der Waals surface area contributed by atoms with Crippen LogP contribution in [0.5, 0.6) is 5.75 Å². The Morgan fingerprint density at radius 3 is 2.57 bits per heavy atom. The summed E-state index contributed by atoms with van der Waals surface area (Å²) < 4.78 is 5.27. The minimum Gasteiger partial charge on any atom is -0.487 e. The number of hydrogen-bond donors (Lipinski definition) is 0. The first-order valence-corrected chi connectivity index (χ1v) is 8.30. The van der Waals surface area contributed by atoms with Crippen LogP contribution >= 0.6 is 0 Å². The highest BCUT2D eigenvalue weighted by Gasteiger charge is 2.27. The lowest BCUT2D eigenvalue weighted by molar-refractivity contribution is -0.385. The third kappa shape index (κ3) is 4.00. The first-order valence-electron chi connectivity index (χ1n) is 8.30. The Kier molecular flexibility index (Phi) is 5.96. The van der Waals surface area contributed by atoms with Crippen LogP contribution in [0.3, 0.4) is 0 Å². The highest BCUT2D eigenvalue weighted by molar-refractivity contribution is 5.95. The standard InChI is InChI=1S/C17H24N2O4/c1-3-18(14-8-6-5-7-9-14)17(20)13-10-11-16(23-4-2)15(12-13)19(21)22/h10-12,14H,3-9H2,1-2H3. The summed E-state index contributed by atoms with van der Waals surface area (Å²) in [4.78, 5) is 25.3. The number of rotatable bonds is 6. The Morgan fingerprint density at radius 2 is 2.00 bits per heavy atom. The predicted molar refractivity (Wildman–Crippen MR) is 87.8 cm³/mol. The van der Waals surface area contributed by atoms with Gasteiger partial charge in [0.2, 0.25) is 0 Å². The van der Waals surface area contributed by atoms with E-state index < -0.39 is 4.92 Å². The van der Waals surface area contributed by atoms with Crippen molar-refractivity contribution in [3.8, 4) is 5.75 Å². The molecular weight excluding hydrogens is 296 g/mol. The molecule has 0 N–H and O–H groups in total. The molecule has 0 radical (unpaired) electrons. The van der Waals surface area contributed by atoms with Gasteiger partial charge in [-0.15, -0.1) is 0 Å². The Bertz CT molecular complexity index is 568. The predicted octanol–water partition coefficient (Wildman–Crippen LogP) is 3.79. The van der Waals surface area contributed by atoms with Gasteiger partial charge in [-0.2, -0.15) is 0 Å². The molecule has 6 nitrogen and oxygen atoms in total. The van der Waals surface area contributed by atoms with Gasteiger partial charge in [0.1, 0.15) is 0 Å². The summed E-state index contributed by atoms with van der Waals surface area (Å²) in [6.07, 6.45) is 5.52. The van der Waals surface area contributed by atoms with Gasteiger partial charge in [-0.1, -0.05) is 19.3 Å². The molecule has 0 bridgehead atoms. The highest BCUT2D eigenvalue weighted by atomic mass is 16.6. The van der Waals surface area contributed by atoms with E-state index in [1.165, 1.54) is 18.6 Å². The number of carbonyl (C=O) groups excluding carboxylic acids is 1. The van der Waals surface area contributed by atoms with Gasteiger partial charge in [0, 0.05) is 24.2 Å². The lowest BCUT2D eigenvalue weighted by Crippen LogP contribution is -2.41. The fourth-order valence-corrected chi connectivity index (χ4v) is 3.20. The van der Waals surface area contributed by atoms with Gasteiger partial charge in [0.25, 0.3) is 5.91 Å². The number of ether oxygens (including phenoxy) is 1. The molecule has 1 aliphatic rings. The van der Waals surface area contributed by atoms with Gasteiger partial charge in [-0.25, -0.2) is 0 Å². The average Bonchev–Trinajstić information content (AvgIpc) is 2.57. The molecule has 23 heavy (non-hydrogen) atoms. The van der Waals surface area contributed by atoms with Crippen molar-refractivity contribution in [1.82, 2.24) is 4.90 Å². The number of hydrogen-bond acceptors (Lipinski definition) is 4. The van der Waals surface area contributed by atoms with E-state index in [0.717, 1.165) is 25.7 Å². The first kappa shape index (κ1) is 17.2. The molecular formula is C17H24N2O4. The zero-order valence-electron chi connectivity index (χ0n) is 13.8. The molecule has 1 amide bonds. The fourth-order valence-electron chi connectivity index (χ4n) is 3.20. The SMILES string of the molecule is CCOc1ccc(C(=O)N(CC)C2CCCCC2)cc1[N+](=O)[O-]. The van der Waals surface area contributed by atoms with Crippen molar-refractivity contribution in [2.45, 2.75) is 52.0 Å². The molecule has 0 heterocycles. The van der Waals surface area contributed by atoms with Crippen LogP contribution in [0.15, 0.2) is 18.2 Å². The number of nitro benzene ring substituents is 1. The van der Waals surface area contributed by atoms with E-state index in [1.54, 1.807) is 13.0 Å². The molecule has 1 aromatic carbocycles. The quantitative estimate of drug-likeness (QED) is 0.590. The maximum absolute atomic E-state index is 12.8. The number of carbonyl (C=O) groups is 1. The molecule has 0 aromatic heterocycles. The zero-order chi connectivity index (χ0) is 16.8. The van der Waals surface area contributed by atoms with Crippen LogP contribution in [0.2, 0.25) is 0 Å². The molecule has 1 aromatic rings. The van der Waals surface area contributed by atoms with E-state index in [9.17, 15) is 14.9 Å². The molecule has 1 saturated carbocycles. The number of nitrogens with zero attached hydrogens (tertiary/aromatic N) is 2. The van der Waals surface area contributed by atoms with Gasteiger partial charge in [0.15, 0.2) is 5.75 Å². The average molecular weight is 320 g/mol. The van der Waals surface area contributed by atoms with Crippen LogP contribution < -0.4 is 4.74 Å². The van der Waals surface area contributed by atoms with E-state index in [2.05, 4.69) is 0 Å². The molecule has 2 rings (SSSR count). The fraction of sp³-hybridized carbons (Fsp3) is 0.588. The van der Waals surface area contributed by atoms with E-state index in [4.69, 9.17) is 4.74 Å². The zero-order valence-corrected chi connectivity index (χ0v) is 13.8. The van der Waals surface area contributed by atoms with E-state index in [1.807, 2.05) is 11.8 Å². The highest BCUT2D eigenvalue weighted by Crippen LogP contribution is 2.30. The Balaban J connectivity index is 2.26. The van der Waals surface area contributed by atoms with Crippen molar-refractivity contribution in [2.75, 3.05) is 13.2 Å². The van der Waals surface area contributed by atoms with Gasteiger partial charge in [-0.3, -0.25) is 14.9 Å². The van der Waals surface area contributed by atoms with Gasteiger partial charge >= 0.3 is 5.69 Å². The summed E-state index contributed by atoms with van der Waals surface area (Å²) in [7, 11) is 0.